The maximum absolute atomic E-state index is 12.7. The summed E-state index contributed by atoms with van der Waals surface area (Å²) in [5.41, 5.74) is 2.44. The van der Waals surface area contributed by atoms with Gasteiger partial charge in [0.2, 0.25) is 11.9 Å². The molecule has 2 aliphatic rings. The van der Waals surface area contributed by atoms with Gasteiger partial charge >= 0.3 is 12.1 Å². The van der Waals surface area contributed by atoms with Crippen LogP contribution in [0.3, 0.4) is 0 Å². The van der Waals surface area contributed by atoms with Crippen LogP contribution in [-0.4, -0.2) is 129 Å². The summed E-state index contributed by atoms with van der Waals surface area (Å²) in [5, 5.41) is 11.2. The van der Waals surface area contributed by atoms with E-state index in [4.69, 9.17) is 19.7 Å². The number of benzene rings is 2. The van der Waals surface area contributed by atoms with Crippen molar-refractivity contribution in [2.75, 3.05) is 107 Å². The molecule has 15 nitrogen and oxygen atoms in total. The summed E-state index contributed by atoms with van der Waals surface area (Å²) in [4.78, 5) is 59.7. The van der Waals surface area contributed by atoms with E-state index in [0.29, 0.717) is 93.7 Å². The number of hydrogen-bond acceptors (Lipinski definition) is 10. The van der Waals surface area contributed by atoms with Gasteiger partial charge in [0.1, 0.15) is 0 Å². The summed E-state index contributed by atoms with van der Waals surface area (Å²) in [6.45, 7) is 6.38. The molecule has 3 aromatic rings. The molecule has 5 rings (SSSR count). The van der Waals surface area contributed by atoms with E-state index < -0.39 is 6.03 Å². The molecule has 3 heterocycles. The van der Waals surface area contributed by atoms with Gasteiger partial charge in [0, 0.05) is 81.9 Å². The largest absolute Gasteiger partial charge is 0.378 e. The summed E-state index contributed by atoms with van der Waals surface area (Å²) in [6, 6.07) is 13.5. The molecular formula is C32H43N11O4. The number of anilines is 4. The average Bonchev–Trinajstić information content (AvgIpc) is 3.35. The van der Waals surface area contributed by atoms with Gasteiger partial charge < -0.3 is 45.6 Å². The molecule has 15 heteroatoms. The summed E-state index contributed by atoms with van der Waals surface area (Å²) < 4.78 is 5.54. The molecule has 0 bridgehead atoms. The van der Waals surface area contributed by atoms with Crippen LogP contribution in [0.15, 0.2) is 48.5 Å². The zero-order valence-corrected chi connectivity index (χ0v) is 27.2. The number of rotatable bonds is 9. The SMILES string of the molecule is CNC(=O)N1CCCN(c2nc(-c3ccc(NC(=O)Nc4ccc(C(=O)NCCN(C)C)cc4)cc3)nc(N3CCOCC3)n2)CC1. The number of hydrogen-bond donors (Lipinski definition) is 4. The van der Waals surface area contributed by atoms with Crippen LogP contribution < -0.4 is 31.1 Å². The van der Waals surface area contributed by atoms with Crippen LogP contribution in [0.1, 0.15) is 16.8 Å². The number of ether oxygens (including phenoxy) is 1. The number of aromatic nitrogens is 3. The van der Waals surface area contributed by atoms with Crippen molar-refractivity contribution >= 4 is 41.2 Å². The minimum atomic E-state index is -0.412. The van der Waals surface area contributed by atoms with E-state index in [-0.39, 0.29) is 11.9 Å². The van der Waals surface area contributed by atoms with Gasteiger partial charge in [0.05, 0.1) is 13.2 Å². The van der Waals surface area contributed by atoms with Crippen LogP contribution in [0.25, 0.3) is 11.4 Å². The molecule has 0 atom stereocenters. The van der Waals surface area contributed by atoms with Gasteiger partial charge in [-0.3, -0.25) is 4.79 Å². The topological polar surface area (TPSA) is 160 Å². The molecule has 0 saturated carbocycles. The number of likely N-dealkylation sites (N-methyl/N-ethyl adjacent to an activating group) is 1. The van der Waals surface area contributed by atoms with Crippen LogP contribution in [0, 0.1) is 0 Å². The lowest BCUT2D eigenvalue weighted by atomic mass is 10.2. The zero-order chi connectivity index (χ0) is 33.2. The molecule has 0 aliphatic carbocycles. The fraction of sp³-hybridized carbons (Fsp3) is 0.438. The second kappa shape index (κ2) is 16.0. The zero-order valence-electron chi connectivity index (χ0n) is 27.2. The van der Waals surface area contributed by atoms with E-state index in [1.54, 1.807) is 48.3 Å². The molecule has 2 aromatic carbocycles. The molecule has 2 fully saturated rings. The first kappa shape index (κ1) is 33.3. The molecule has 1 aromatic heterocycles. The molecule has 2 aliphatic heterocycles. The highest BCUT2D eigenvalue weighted by Gasteiger charge is 2.23. The van der Waals surface area contributed by atoms with Gasteiger partial charge in [-0.2, -0.15) is 15.0 Å². The standard InChI is InChI=1S/C32H43N11O4/c1-33-32(46)43-15-4-14-41(17-18-43)29-37-27(38-30(39-29)42-19-21-47-22-20-42)23-5-9-25(10-6-23)35-31(45)36-26-11-7-24(8-12-26)28(44)34-13-16-40(2)3/h5-12H,4,13-22H2,1-3H3,(H,33,46)(H,34,44)(H2,35,36,45). The summed E-state index contributed by atoms with van der Waals surface area (Å²) >= 11 is 0. The number of carbonyl (C=O) groups excluding carboxylic acids is 3. The highest BCUT2D eigenvalue weighted by atomic mass is 16.5. The maximum Gasteiger partial charge on any atom is 0.323 e. The summed E-state index contributed by atoms with van der Waals surface area (Å²) in [5.74, 6) is 1.50. The minimum absolute atomic E-state index is 0.0897. The molecule has 0 spiro atoms. The van der Waals surface area contributed by atoms with Crippen molar-refractivity contribution in [3.05, 3.63) is 54.1 Å². The van der Waals surface area contributed by atoms with Crippen molar-refractivity contribution in [3.63, 3.8) is 0 Å². The monoisotopic (exact) mass is 645 g/mol. The van der Waals surface area contributed by atoms with Crippen molar-refractivity contribution in [1.29, 1.82) is 0 Å². The Kier molecular flexibility index (Phi) is 11.4. The summed E-state index contributed by atoms with van der Waals surface area (Å²) in [6.07, 6.45) is 0.792. The number of nitrogens with zero attached hydrogens (tertiary/aromatic N) is 7. The Labute approximate surface area is 274 Å². The molecular weight excluding hydrogens is 602 g/mol. The number of amides is 5. The molecule has 0 unspecified atom stereocenters. The minimum Gasteiger partial charge on any atom is -0.378 e. The normalized spacial score (nSPS) is 15.2. The number of carbonyl (C=O) groups is 3. The van der Waals surface area contributed by atoms with E-state index in [9.17, 15) is 14.4 Å². The first-order chi connectivity index (χ1) is 22.8. The molecule has 250 valence electrons. The van der Waals surface area contributed by atoms with Gasteiger partial charge in [-0.15, -0.1) is 0 Å². The average molecular weight is 646 g/mol. The quantitative estimate of drug-likeness (QED) is 0.272. The van der Waals surface area contributed by atoms with Crippen LogP contribution in [-0.2, 0) is 4.74 Å². The van der Waals surface area contributed by atoms with Crippen molar-refractivity contribution < 1.29 is 19.1 Å². The molecule has 2 saturated heterocycles. The Bertz CT molecular complexity index is 1510. The Hall–Kier alpha value is -5.02. The first-order valence-electron chi connectivity index (χ1n) is 15.8. The van der Waals surface area contributed by atoms with Crippen LogP contribution >= 0.6 is 0 Å². The van der Waals surface area contributed by atoms with Gasteiger partial charge in [0.15, 0.2) is 5.82 Å². The third-order valence-corrected chi connectivity index (χ3v) is 7.84. The predicted octanol–water partition coefficient (Wildman–Crippen LogP) is 2.16. The third-order valence-electron chi connectivity index (χ3n) is 7.84. The second-order valence-electron chi connectivity index (χ2n) is 11.5. The molecule has 4 N–H and O–H groups in total. The summed E-state index contributed by atoms with van der Waals surface area (Å²) in [7, 11) is 5.53. The highest BCUT2D eigenvalue weighted by Crippen LogP contribution is 2.24. The third kappa shape index (κ3) is 9.26. The van der Waals surface area contributed by atoms with Crippen molar-refractivity contribution in [1.82, 2.24) is 35.4 Å². The Balaban J connectivity index is 1.25. The fourth-order valence-electron chi connectivity index (χ4n) is 5.20. The van der Waals surface area contributed by atoms with Gasteiger partial charge in [-0.05, 0) is 69.0 Å². The lowest BCUT2D eigenvalue weighted by Crippen LogP contribution is -2.41. The fourth-order valence-corrected chi connectivity index (χ4v) is 5.20. The smallest absolute Gasteiger partial charge is 0.323 e. The van der Waals surface area contributed by atoms with Crippen LogP contribution in [0.4, 0.5) is 32.9 Å². The lowest BCUT2D eigenvalue weighted by molar-refractivity contribution is 0.0951. The van der Waals surface area contributed by atoms with Crippen LogP contribution in [0.2, 0.25) is 0 Å². The highest BCUT2D eigenvalue weighted by molar-refractivity contribution is 6.00. The van der Waals surface area contributed by atoms with E-state index >= 15 is 0 Å². The molecule has 47 heavy (non-hydrogen) atoms. The van der Waals surface area contributed by atoms with Gasteiger partial charge in [-0.25, -0.2) is 9.59 Å². The number of morpholine rings is 1. The number of urea groups is 2. The molecule has 0 radical (unpaired) electrons. The lowest BCUT2D eigenvalue weighted by Gasteiger charge is -2.28. The Morgan fingerprint density at radius 3 is 2.02 bits per heavy atom. The van der Waals surface area contributed by atoms with E-state index in [1.807, 2.05) is 31.1 Å². The van der Waals surface area contributed by atoms with Crippen molar-refractivity contribution in [2.24, 2.45) is 0 Å². The van der Waals surface area contributed by atoms with E-state index in [0.717, 1.165) is 18.5 Å². The Morgan fingerprint density at radius 2 is 1.40 bits per heavy atom. The van der Waals surface area contributed by atoms with Gasteiger partial charge in [-0.1, -0.05) is 0 Å². The predicted molar refractivity (Wildman–Crippen MR) is 181 cm³/mol. The Morgan fingerprint density at radius 1 is 0.787 bits per heavy atom. The van der Waals surface area contributed by atoms with Crippen molar-refractivity contribution in [2.45, 2.75) is 6.42 Å². The molecule has 5 amide bonds. The van der Waals surface area contributed by atoms with E-state index in [2.05, 4.69) is 31.1 Å². The van der Waals surface area contributed by atoms with E-state index in [1.165, 1.54) is 0 Å². The number of nitrogens with one attached hydrogen (secondary N) is 4. The van der Waals surface area contributed by atoms with Gasteiger partial charge in [0.25, 0.3) is 5.91 Å². The van der Waals surface area contributed by atoms with Crippen molar-refractivity contribution in [3.8, 4) is 11.4 Å². The maximum atomic E-state index is 12.7. The second-order valence-corrected chi connectivity index (χ2v) is 11.5. The first-order valence-corrected chi connectivity index (χ1v) is 15.8. The van der Waals surface area contributed by atoms with Crippen LogP contribution in [0.5, 0.6) is 0 Å².